The Hall–Kier alpha value is -0.610. The molecule has 0 aromatic carbocycles. The minimum Gasteiger partial charge on any atom is -0.354 e. The van der Waals surface area contributed by atoms with Crippen molar-refractivity contribution in [3.05, 3.63) is 0 Å². The van der Waals surface area contributed by atoms with Gasteiger partial charge in [0.25, 0.3) is 0 Å². The van der Waals surface area contributed by atoms with E-state index in [4.69, 9.17) is 0 Å². The minimum absolute atomic E-state index is 0.171. The van der Waals surface area contributed by atoms with Gasteiger partial charge in [0.05, 0.1) is 6.54 Å². The molecular formula is C9H17N3O. The lowest BCUT2D eigenvalue weighted by Gasteiger charge is -2.28. The number of hydrogen-bond donors (Lipinski definition) is 2. The number of nitrogens with one attached hydrogen (secondary N) is 2. The van der Waals surface area contributed by atoms with E-state index >= 15 is 0 Å². The van der Waals surface area contributed by atoms with Crippen molar-refractivity contribution in [1.29, 1.82) is 0 Å². The molecule has 0 bridgehead atoms. The lowest BCUT2D eigenvalue weighted by Crippen LogP contribution is -2.50. The van der Waals surface area contributed by atoms with E-state index in [0.717, 1.165) is 26.2 Å². The molecule has 1 atom stereocenters. The molecule has 0 aromatic rings. The molecule has 0 saturated carbocycles. The second-order valence-corrected chi connectivity index (χ2v) is 3.88. The van der Waals surface area contributed by atoms with E-state index in [9.17, 15) is 4.79 Å². The van der Waals surface area contributed by atoms with Gasteiger partial charge in [-0.15, -0.1) is 0 Å². The quantitative estimate of drug-likeness (QED) is 0.587. The van der Waals surface area contributed by atoms with E-state index in [2.05, 4.69) is 15.5 Å². The molecule has 1 unspecified atom stereocenters. The van der Waals surface area contributed by atoms with Gasteiger partial charge in [-0.2, -0.15) is 0 Å². The summed E-state index contributed by atoms with van der Waals surface area (Å²) in [4.78, 5) is 13.3. The zero-order valence-corrected chi connectivity index (χ0v) is 7.88. The fourth-order valence-corrected chi connectivity index (χ4v) is 2.07. The Morgan fingerprint density at radius 2 is 2.38 bits per heavy atom. The van der Waals surface area contributed by atoms with Gasteiger partial charge in [-0.05, 0) is 19.4 Å². The molecule has 13 heavy (non-hydrogen) atoms. The highest BCUT2D eigenvalue weighted by molar-refractivity contribution is 5.78. The number of piperazine rings is 1. The van der Waals surface area contributed by atoms with Gasteiger partial charge in [-0.1, -0.05) is 0 Å². The first-order valence-corrected chi connectivity index (χ1v) is 5.07. The summed E-state index contributed by atoms with van der Waals surface area (Å²) in [7, 11) is 0. The maximum Gasteiger partial charge on any atom is 0.234 e. The van der Waals surface area contributed by atoms with Crippen molar-refractivity contribution in [1.82, 2.24) is 15.5 Å². The van der Waals surface area contributed by atoms with Crippen LogP contribution in [0.15, 0.2) is 0 Å². The predicted molar refractivity (Wildman–Crippen MR) is 50.5 cm³/mol. The number of nitrogens with zero attached hydrogens (tertiary/aromatic N) is 1. The van der Waals surface area contributed by atoms with E-state index in [1.165, 1.54) is 12.8 Å². The highest BCUT2D eigenvalue weighted by atomic mass is 16.2. The van der Waals surface area contributed by atoms with Crippen molar-refractivity contribution in [2.45, 2.75) is 18.9 Å². The lowest BCUT2D eigenvalue weighted by atomic mass is 10.2. The molecule has 0 aliphatic carbocycles. The number of rotatable bonds is 2. The Balaban J connectivity index is 1.76. The van der Waals surface area contributed by atoms with E-state index in [1.54, 1.807) is 0 Å². The first-order chi connectivity index (χ1) is 6.34. The molecule has 2 N–H and O–H groups in total. The molecular weight excluding hydrogens is 166 g/mol. The van der Waals surface area contributed by atoms with Crippen LogP contribution in [0, 0.1) is 0 Å². The van der Waals surface area contributed by atoms with Crippen LogP contribution in [0.4, 0.5) is 0 Å². The lowest BCUT2D eigenvalue weighted by molar-refractivity contribution is -0.124. The van der Waals surface area contributed by atoms with Crippen molar-refractivity contribution >= 4 is 5.91 Å². The van der Waals surface area contributed by atoms with E-state index < -0.39 is 0 Å². The summed E-state index contributed by atoms with van der Waals surface area (Å²) in [5.41, 5.74) is 0. The van der Waals surface area contributed by atoms with Crippen molar-refractivity contribution in [3.8, 4) is 0 Å². The average Bonchev–Trinajstić information content (AvgIpc) is 2.57. The summed E-state index contributed by atoms with van der Waals surface area (Å²) in [5.74, 6) is 0.171. The normalized spacial score (nSPS) is 30.5. The Morgan fingerprint density at radius 3 is 3.08 bits per heavy atom. The van der Waals surface area contributed by atoms with Crippen molar-refractivity contribution < 1.29 is 4.79 Å². The second kappa shape index (κ2) is 4.07. The van der Waals surface area contributed by atoms with Gasteiger partial charge < -0.3 is 10.6 Å². The molecule has 2 heterocycles. The van der Waals surface area contributed by atoms with Crippen LogP contribution in [0.25, 0.3) is 0 Å². The molecule has 74 valence electrons. The van der Waals surface area contributed by atoms with Gasteiger partial charge in [0.2, 0.25) is 5.91 Å². The Bertz CT molecular complexity index is 189. The Labute approximate surface area is 78.7 Å². The first kappa shape index (κ1) is 8.97. The molecule has 2 fully saturated rings. The smallest absolute Gasteiger partial charge is 0.234 e. The highest BCUT2D eigenvalue weighted by Gasteiger charge is 2.21. The van der Waals surface area contributed by atoms with Crippen molar-refractivity contribution in [2.75, 3.05) is 32.7 Å². The van der Waals surface area contributed by atoms with Gasteiger partial charge in [0.15, 0.2) is 0 Å². The number of amides is 1. The SMILES string of the molecule is O=C1CN(CC2CCCN2)CCN1. The van der Waals surface area contributed by atoms with Crippen LogP contribution < -0.4 is 10.6 Å². The predicted octanol–water partition coefficient (Wildman–Crippen LogP) is -0.830. The molecule has 0 spiro atoms. The van der Waals surface area contributed by atoms with Gasteiger partial charge in [-0.3, -0.25) is 9.69 Å². The third-order valence-corrected chi connectivity index (χ3v) is 2.76. The fraction of sp³-hybridized carbons (Fsp3) is 0.889. The van der Waals surface area contributed by atoms with Crippen LogP contribution in [-0.4, -0.2) is 49.6 Å². The van der Waals surface area contributed by atoms with E-state index in [-0.39, 0.29) is 5.91 Å². The van der Waals surface area contributed by atoms with Crippen LogP contribution >= 0.6 is 0 Å². The monoisotopic (exact) mass is 183 g/mol. The summed E-state index contributed by atoms with van der Waals surface area (Å²) in [6.07, 6.45) is 2.54. The number of carbonyl (C=O) groups is 1. The second-order valence-electron chi connectivity index (χ2n) is 3.88. The van der Waals surface area contributed by atoms with Crippen LogP contribution in [0.1, 0.15) is 12.8 Å². The van der Waals surface area contributed by atoms with Crippen molar-refractivity contribution in [3.63, 3.8) is 0 Å². The molecule has 1 amide bonds. The maximum absolute atomic E-state index is 11.1. The largest absolute Gasteiger partial charge is 0.354 e. The third kappa shape index (κ3) is 2.42. The molecule has 2 rings (SSSR count). The van der Waals surface area contributed by atoms with E-state index in [1.807, 2.05) is 0 Å². The van der Waals surface area contributed by atoms with Crippen LogP contribution in [0.5, 0.6) is 0 Å². The molecule has 2 saturated heterocycles. The zero-order chi connectivity index (χ0) is 9.10. The topological polar surface area (TPSA) is 44.4 Å². The minimum atomic E-state index is 0.171. The summed E-state index contributed by atoms with van der Waals surface area (Å²) in [6.45, 7) is 4.58. The third-order valence-electron chi connectivity index (χ3n) is 2.76. The molecule has 2 aliphatic heterocycles. The van der Waals surface area contributed by atoms with E-state index in [0.29, 0.717) is 12.6 Å². The Morgan fingerprint density at radius 1 is 1.46 bits per heavy atom. The van der Waals surface area contributed by atoms with Crippen LogP contribution in [-0.2, 0) is 4.79 Å². The summed E-state index contributed by atoms with van der Waals surface area (Å²) in [5, 5.41) is 6.28. The van der Waals surface area contributed by atoms with Gasteiger partial charge in [-0.25, -0.2) is 0 Å². The van der Waals surface area contributed by atoms with Gasteiger partial charge in [0.1, 0.15) is 0 Å². The molecule has 2 aliphatic rings. The summed E-state index contributed by atoms with van der Waals surface area (Å²) < 4.78 is 0. The molecule has 4 nitrogen and oxygen atoms in total. The van der Waals surface area contributed by atoms with Gasteiger partial charge >= 0.3 is 0 Å². The number of hydrogen-bond acceptors (Lipinski definition) is 3. The number of carbonyl (C=O) groups excluding carboxylic acids is 1. The Kier molecular flexibility index (Phi) is 2.80. The highest BCUT2D eigenvalue weighted by Crippen LogP contribution is 2.07. The molecule has 0 aromatic heterocycles. The van der Waals surface area contributed by atoms with Gasteiger partial charge in [0, 0.05) is 25.7 Å². The molecule has 0 radical (unpaired) electrons. The fourth-order valence-electron chi connectivity index (χ4n) is 2.07. The standard InChI is InChI=1S/C9H17N3O/c13-9-7-12(5-4-11-9)6-8-2-1-3-10-8/h8,10H,1-7H2,(H,11,13). The first-order valence-electron chi connectivity index (χ1n) is 5.07. The van der Waals surface area contributed by atoms with Crippen LogP contribution in [0.3, 0.4) is 0 Å². The average molecular weight is 183 g/mol. The van der Waals surface area contributed by atoms with Crippen LogP contribution in [0.2, 0.25) is 0 Å². The molecule has 4 heteroatoms. The van der Waals surface area contributed by atoms with Crippen molar-refractivity contribution in [2.24, 2.45) is 0 Å². The maximum atomic E-state index is 11.1. The summed E-state index contributed by atoms with van der Waals surface area (Å²) in [6, 6.07) is 0.617. The zero-order valence-electron chi connectivity index (χ0n) is 7.88. The summed E-state index contributed by atoms with van der Waals surface area (Å²) >= 11 is 0.